The number of anilines is 1. The lowest BCUT2D eigenvalue weighted by Crippen LogP contribution is -2.35. The van der Waals surface area contributed by atoms with Crippen LogP contribution in [0.1, 0.15) is 42.2 Å². The molecule has 0 radical (unpaired) electrons. The summed E-state index contributed by atoms with van der Waals surface area (Å²) in [7, 11) is 0. The van der Waals surface area contributed by atoms with E-state index in [0.717, 1.165) is 19.3 Å². The van der Waals surface area contributed by atoms with Gasteiger partial charge in [-0.05, 0) is 83.5 Å². The highest BCUT2D eigenvalue weighted by atomic mass is 32.1. The van der Waals surface area contributed by atoms with E-state index < -0.39 is 0 Å². The summed E-state index contributed by atoms with van der Waals surface area (Å²) in [6.45, 7) is 0. The summed E-state index contributed by atoms with van der Waals surface area (Å²) in [5, 5.41) is 2.68. The van der Waals surface area contributed by atoms with Crippen LogP contribution in [-0.2, 0) is 0 Å². The van der Waals surface area contributed by atoms with E-state index in [-0.39, 0.29) is 0 Å². The van der Waals surface area contributed by atoms with Gasteiger partial charge in [-0.25, -0.2) is 0 Å². The van der Waals surface area contributed by atoms with Gasteiger partial charge in [0, 0.05) is 49.0 Å². The average Bonchev–Trinajstić information content (AvgIpc) is 3.58. The van der Waals surface area contributed by atoms with Gasteiger partial charge in [0.05, 0.1) is 6.04 Å². The summed E-state index contributed by atoms with van der Waals surface area (Å²) < 4.78 is 2.70. The predicted octanol–water partition coefficient (Wildman–Crippen LogP) is 13.3. The molecule has 0 spiro atoms. The van der Waals surface area contributed by atoms with Crippen molar-refractivity contribution < 1.29 is 0 Å². The Kier molecular flexibility index (Phi) is 8.24. The maximum Gasteiger partial charge on any atom is 0.0522 e. The molecule has 3 atom stereocenters. The molecule has 1 aromatic heterocycles. The van der Waals surface area contributed by atoms with Crippen molar-refractivity contribution in [2.45, 2.75) is 37.1 Å². The van der Waals surface area contributed by atoms with E-state index in [9.17, 15) is 0 Å². The van der Waals surface area contributed by atoms with Gasteiger partial charge in [-0.15, -0.1) is 11.3 Å². The average molecular weight is 662 g/mol. The van der Waals surface area contributed by atoms with Gasteiger partial charge >= 0.3 is 0 Å². The molecule has 1 heterocycles. The Labute approximate surface area is 299 Å². The zero-order valence-corrected chi connectivity index (χ0v) is 28.8. The molecule has 2 aliphatic carbocycles. The van der Waals surface area contributed by atoms with Gasteiger partial charge in [-0.1, -0.05) is 146 Å². The van der Waals surface area contributed by atoms with Gasteiger partial charge < -0.3 is 4.90 Å². The molecule has 0 fully saturated rings. The van der Waals surface area contributed by atoms with Crippen molar-refractivity contribution in [3.8, 4) is 22.3 Å². The van der Waals surface area contributed by atoms with Crippen molar-refractivity contribution in [2.24, 2.45) is 0 Å². The van der Waals surface area contributed by atoms with E-state index >= 15 is 0 Å². The van der Waals surface area contributed by atoms with E-state index in [1.807, 2.05) is 11.3 Å². The lowest BCUT2D eigenvalue weighted by Gasteiger charge is -2.37. The number of benzene rings is 6. The third-order valence-corrected chi connectivity index (χ3v) is 11.7. The highest BCUT2D eigenvalue weighted by molar-refractivity contribution is 7.26. The molecular weight excluding hydrogens is 623 g/mol. The highest BCUT2D eigenvalue weighted by Crippen LogP contribution is 2.43. The number of allylic oxidation sites excluding steroid dienone is 4. The number of rotatable bonds is 7. The Hall–Kier alpha value is -5.44. The van der Waals surface area contributed by atoms with E-state index in [0.29, 0.717) is 17.9 Å². The van der Waals surface area contributed by atoms with E-state index in [1.165, 1.54) is 64.9 Å². The van der Waals surface area contributed by atoms with E-state index in [4.69, 9.17) is 0 Å². The molecule has 2 aliphatic rings. The molecule has 7 aromatic rings. The number of nitrogens with zero attached hydrogens (tertiary/aromatic N) is 1. The molecule has 0 amide bonds. The van der Waals surface area contributed by atoms with Crippen LogP contribution in [0.5, 0.6) is 0 Å². The van der Waals surface area contributed by atoms with Crippen molar-refractivity contribution in [3.05, 3.63) is 199 Å². The molecule has 50 heavy (non-hydrogen) atoms. The first-order chi connectivity index (χ1) is 24.8. The molecule has 0 aliphatic heterocycles. The molecule has 3 unspecified atom stereocenters. The van der Waals surface area contributed by atoms with Crippen LogP contribution in [-0.4, -0.2) is 6.04 Å². The van der Waals surface area contributed by atoms with Gasteiger partial charge in [-0.2, -0.15) is 0 Å². The smallest absolute Gasteiger partial charge is 0.0522 e. The van der Waals surface area contributed by atoms with Crippen molar-refractivity contribution >= 4 is 37.2 Å². The van der Waals surface area contributed by atoms with E-state index in [1.54, 1.807) is 0 Å². The number of hydrogen-bond acceptors (Lipinski definition) is 2. The van der Waals surface area contributed by atoms with Crippen LogP contribution in [0.3, 0.4) is 0 Å². The Bertz CT molecular complexity index is 2350. The second kappa shape index (κ2) is 13.5. The Morgan fingerprint density at radius 3 is 1.94 bits per heavy atom. The number of thiophene rings is 1. The maximum atomic E-state index is 2.54. The Balaban J connectivity index is 0.982. The number of hydrogen-bond donors (Lipinski definition) is 0. The van der Waals surface area contributed by atoms with Crippen LogP contribution < -0.4 is 4.90 Å². The second-order valence-electron chi connectivity index (χ2n) is 13.6. The fourth-order valence-corrected chi connectivity index (χ4v) is 9.12. The van der Waals surface area contributed by atoms with Gasteiger partial charge in [-0.3, -0.25) is 0 Å². The van der Waals surface area contributed by atoms with Crippen molar-refractivity contribution in [1.29, 1.82) is 0 Å². The molecule has 0 saturated carbocycles. The number of para-hydroxylation sites is 1. The predicted molar refractivity (Wildman–Crippen MR) is 215 cm³/mol. The first-order valence-corrected chi connectivity index (χ1v) is 18.7. The molecule has 0 saturated heterocycles. The summed E-state index contributed by atoms with van der Waals surface area (Å²) in [5.74, 6) is 0.850. The van der Waals surface area contributed by atoms with Crippen molar-refractivity contribution in [2.75, 3.05) is 4.90 Å². The quantitative estimate of drug-likeness (QED) is 0.154. The molecule has 1 nitrogen and oxygen atoms in total. The standard InChI is InChI=1S/C48H39NS/c1-4-12-34(13-5-1)36-24-28-42(29-25-36)49(41-16-8-3-9-17-41)43-30-26-37(27-31-43)35-20-22-38(23-21-35)40-32-45(39-14-6-2-7-15-39)48-46(33-40)44-18-10-11-19-47(44)50-48/h1-24,26,28-30,32-33,36-37,43H,25,27,31H2. The Morgan fingerprint density at radius 2 is 1.22 bits per heavy atom. The molecule has 0 N–H and O–H groups in total. The molecule has 2 heteroatoms. The van der Waals surface area contributed by atoms with Crippen LogP contribution in [0.2, 0.25) is 0 Å². The van der Waals surface area contributed by atoms with Gasteiger partial charge in [0.2, 0.25) is 0 Å². The third-order valence-electron chi connectivity index (χ3n) is 10.5. The zero-order valence-electron chi connectivity index (χ0n) is 28.0. The third kappa shape index (κ3) is 5.91. The van der Waals surface area contributed by atoms with E-state index in [2.05, 4.69) is 187 Å². The minimum atomic E-state index is 0.320. The monoisotopic (exact) mass is 661 g/mol. The van der Waals surface area contributed by atoms with Gasteiger partial charge in [0.15, 0.2) is 0 Å². The van der Waals surface area contributed by atoms with Crippen LogP contribution in [0, 0.1) is 0 Å². The van der Waals surface area contributed by atoms with Crippen LogP contribution in [0.15, 0.2) is 188 Å². The zero-order chi connectivity index (χ0) is 33.3. The fourth-order valence-electron chi connectivity index (χ4n) is 7.90. The SMILES string of the molecule is C1=CC(c2ccccc2)CC=C1N(c1ccccc1)C1C=CC(c2ccc(-c3cc(-c4ccccc4)c4sc5ccccc5c4c3)cc2)CC1. The lowest BCUT2D eigenvalue weighted by molar-refractivity contribution is 0.577. The second-order valence-corrected chi connectivity index (χ2v) is 14.6. The van der Waals surface area contributed by atoms with Crippen LogP contribution in [0.25, 0.3) is 42.4 Å². The van der Waals surface area contributed by atoms with Gasteiger partial charge in [0.1, 0.15) is 0 Å². The van der Waals surface area contributed by atoms with Crippen molar-refractivity contribution in [3.63, 3.8) is 0 Å². The molecule has 6 aromatic carbocycles. The Morgan fingerprint density at radius 1 is 0.520 bits per heavy atom. The highest BCUT2D eigenvalue weighted by Gasteiger charge is 2.26. The molecular formula is C48H39NS. The molecule has 242 valence electrons. The first kappa shape index (κ1) is 30.6. The molecule has 0 bridgehead atoms. The van der Waals surface area contributed by atoms with Crippen LogP contribution in [0.4, 0.5) is 5.69 Å². The minimum absolute atomic E-state index is 0.320. The summed E-state index contributed by atoms with van der Waals surface area (Å²) in [6.07, 6.45) is 15.3. The maximum absolute atomic E-state index is 2.54. The minimum Gasteiger partial charge on any atom is -0.335 e. The first-order valence-electron chi connectivity index (χ1n) is 17.9. The number of fused-ring (bicyclic) bond motifs is 3. The topological polar surface area (TPSA) is 3.24 Å². The summed E-state index contributed by atoms with van der Waals surface area (Å²) in [5.41, 5.74) is 10.4. The lowest BCUT2D eigenvalue weighted by atomic mass is 9.85. The molecule has 9 rings (SSSR count). The summed E-state index contributed by atoms with van der Waals surface area (Å²) >= 11 is 1.90. The summed E-state index contributed by atoms with van der Waals surface area (Å²) in [6, 6.07) is 55.9. The summed E-state index contributed by atoms with van der Waals surface area (Å²) in [4.78, 5) is 2.54. The largest absolute Gasteiger partial charge is 0.335 e. The normalized spacial score (nSPS) is 18.7. The van der Waals surface area contributed by atoms with Gasteiger partial charge in [0.25, 0.3) is 0 Å². The van der Waals surface area contributed by atoms with Crippen molar-refractivity contribution in [1.82, 2.24) is 0 Å². The fraction of sp³-hybridized carbons (Fsp3) is 0.125. The van der Waals surface area contributed by atoms with Crippen LogP contribution >= 0.6 is 11.3 Å².